The normalized spacial score (nSPS) is 11.9. The molecule has 2 nitrogen and oxygen atoms in total. The summed E-state index contributed by atoms with van der Waals surface area (Å²) in [6.45, 7) is 4.09. The lowest BCUT2D eigenvalue weighted by atomic mass is 10.1. The molecule has 2 aromatic carbocycles. The molecule has 3 heteroatoms. The van der Waals surface area contributed by atoms with Gasteiger partial charge in [0.25, 0.3) is 5.91 Å². The summed E-state index contributed by atoms with van der Waals surface area (Å²) in [5.74, 6) is 0.941. The van der Waals surface area contributed by atoms with Gasteiger partial charge in [-0.1, -0.05) is 49.4 Å². The molecule has 1 atom stereocenters. The van der Waals surface area contributed by atoms with E-state index in [1.807, 2.05) is 61.5 Å². The monoisotopic (exact) mass is 285 g/mol. The van der Waals surface area contributed by atoms with E-state index >= 15 is 0 Å². The van der Waals surface area contributed by atoms with Crippen LogP contribution in [0.25, 0.3) is 0 Å². The second kappa shape index (κ2) is 7.15. The molecule has 2 aromatic rings. The van der Waals surface area contributed by atoms with Crippen molar-refractivity contribution >= 4 is 17.7 Å². The molecule has 1 amide bonds. The van der Waals surface area contributed by atoms with Crippen molar-refractivity contribution in [2.75, 3.05) is 5.75 Å². The van der Waals surface area contributed by atoms with Crippen LogP contribution < -0.4 is 5.32 Å². The fourth-order valence-electron chi connectivity index (χ4n) is 2.04. The summed E-state index contributed by atoms with van der Waals surface area (Å²) >= 11 is 1.69. The number of amides is 1. The number of carbonyl (C=O) groups is 1. The molecule has 1 N–H and O–H groups in total. The average molecular weight is 285 g/mol. The number of hydrogen-bond donors (Lipinski definition) is 1. The molecular formula is C17H19NOS. The molecule has 0 aliphatic rings. The van der Waals surface area contributed by atoms with Crippen LogP contribution in [0.3, 0.4) is 0 Å². The lowest BCUT2D eigenvalue weighted by molar-refractivity contribution is 0.0937. The quantitative estimate of drug-likeness (QED) is 0.830. The number of thioether (sulfide) groups is 1. The first-order valence-corrected chi connectivity index (χ1v) is 7.78. The Labute approximate surface area is 124 Å². The molecule has 0 bridgehead atoms. The van der Waals surface area contributed by atoms with Crippen molar-refractivity contribution in [3.05, 3.63) is 65.7 Å². The Balaban J connectivity index is 2.12. The van der Waals surface area contributed by atoms with Crippen LogP contribution >= 0.6 is 11.8 Å². The van der Waals surface area contributed by atoms with Gasteiger partial charge in [-0.2, -0.15) is 0 Å². The molecule has 20 heavy (non-hydrogen) atoms. The van der Waals surface area contributed by atoms with Gasteiger partial charge in [-0.25, -0.2) is 0 Å². The Morgan fingerprint density at radius 1 is 1.10 bits per heavy atom. The number of carbonyl (C=O) groups excluding carboxylic acids is 1. The van der Waals surface area contributed by atoms with E-state index < -0.39 is 0 Å². The summed E-state index contributed by atoms with van der Waals surface area (Å²) in [5, 5.41) is 3.06. The minimum absolute atomic E-state index is 0.00313. The second-order valence-corrected chi connectivity index (χ2v) is 5.84. The Hall–Kier alpha value is -1.74. The van der Waals surface area contributed by atoms with Crippen molar-refractivity contribution in [2.24, 2.45) is 0 Å². The van der Waals surface area contributed by atoms with Crippen molar-refractivity contribution in [1.82, 2.24) is 5.32 Å². The molecule has 104 valence electrons. The van der Waals surface area contributed by atoms with Gasteiger partial charge in [0.15, 0.2) is 0 Å². The zero-order valence-corrected chi connectivity index (χ0v) is 12.6. The molecule has 2 rings (SSSR count). The van der Waals surface area contributed by atoms with E-state index in [9.17, 15) is 4.79 Å². The standard InChI is InChI=1S/C17H19NOS/c1-3-20-16-12-8-7-11-15(16)17(19)18-13(2)14-9-5-4-6-10-14/h4-13H,3H2,1-2H3,(H,18,19)/t13-/m0/s1. The van der Waals surface area contributed by atoms with E-state index in [-0.39, 0.29) is 11.9 Å². The summed E-state index contributed by atoms with van der Waals surface area (Å²) in [4.78, 5) is 13.4. The third-order valence-electron chi connectivity index (χ3n) is 3.08. The first-order valence-electron chi connectivity index (χ1n) is 6.80. The van der Waals surface area contributed by atoms with Crippen LogP contribution in [0.1, 0.15) is 35.8 Å². The molecule has 0 radical (unpaired) electrons. The minimum Gasteiger partial charge on any atom is -0.345 e. The Bertz CT molecular complexity index is 568. The van der Waals surface area contributed by atoms with Crippen LogP contribution in [0.5, 0.6) is 0 Å². The maximum atomic E-state index is 12.4. The van der Waals surface area contributed by atoms with Crippen LogP contribution in [0.15, 0.2) is 59.5 Å². The van der Waals surface area contributed by atoms with Crippen molar-refractivity contribution in [3.63, 3.8) is 0 Å². The van der Waals surface area contributed by atoms with Gasteiger partial charge in [0.05, 0.1) is 11.6 Å². The van der Waals surface area contributed by atoms with Gasteiger partial charge in [-0.05, 0) is 30.4 Å². The Morgan fingerprint density at radius 3 is 2.45 bits per heavy atom. The first kappa shape index (κ1) is 14.7. The smallest absolute Gasteiger partial charge is 0.252 e. The van der Waals surface area contributed by atoms with E-state index in [2.05, 4.69) is 12.2 Å². The molecule has 0 fully saturated rings. The molecule has 0 aliphatic heterocycles. The number of benzene rings is 2. The highest BCUT2D eigenvalue weighted by atomic mass is 32.2. The largest absolute Gasteiger partial charge is 0.345 e. The van der Waals surface area contributed by atoms with Crippen molar-refractivity contribution in [2.45, 2.75) is 24.8 Å². The number of hydrogen-bond acceptors (Lipinski definition) is 2. The highest BCUT2D eigenvalue weighted by Gasteiger charge is 2.14. The average Bonchev–Trinajstić information content (AvgIpc) is 2.49. The third kappa shape index (κ3) is 3.64. The molecule has 0 aliphatic carbocycles. The highest BCUT2D eigenvalue weighted by Crippen LogP contribution is 2.23. The van der Waals surface area contributed by atoms with E-state index in [1.165, 1.54) is 0 Å². The lowest BCUT2D eigenvalue weighted by Gasteiger charge is -2.15. The van der Waals surface area contributed by atoms with Gasteiger partial charge in [0, 0.05) is 4.90 Å². The maximum absolute atomic E-state index is 12.4. The molecule has 0 aromatic heterocycles. The molecule has 0 heterocycles. The summed E-state index contributed by atoms with van der Waals surface area (Å²) in [6.07, 6.45) is 0. The SMILES string of the molecule is CCSc1ccccc1C(=O)N[C@@H](C)c1ccccc1. The fraction of sp³-hybridized carbons (Fsp3) is 0.235. The van der Waals surface area contributed by atoms with Gasteiger partial charge in [-0.3, -0.25) is 4.79 Å². The maximum Gasteiger partial charge on any atom is 0.252 e. The van der Waals surface area contributed by atoms with Crippen LogP contribution in [0.2, 0.25) is 0 Å². The Morgan fingerprint density at radius 2 is 1.75 bits per heavy atom. The number of rotatable bonds is 5. The van der Waals surface area contributed by atoms with Gasteiger partial charge in [-0.15, -0.1) is 11.8 Å². The van der Waals surface area contributed by atoms with Gasteiger partial charge in [0.2, 0.25) is 0 Å². The van der Waals surface area contributed by atoms with Crippen molar-refractivity contribution in [3.8, 4) is 0 Å². The van der Waals surface area contributed by atoms with E-state index in [0.29, 0.717) is 0 Å². The summed E-state index contributed by atoms with van der Waals surface area (Å²) in [7, 11) is 0. The molecule has 0 saturated carbocycles. The third-order valence-corrected chi connectivity index (χ3v) is 4.03. The van der Waals surface area contributed by atoms with Crippen LogP contribution in [0, 0.1) is 0 Å². The van der Waals surface area contributed by atoms with Crippen molar-refractivity contribution in [1.29, 1.82) is 0 Å². The Kier molecular flexibility index (Phi) is 5.24. The van der Waals surface area contributed by atoms with Crippen LogP contribution in [0.4, 0.5) is 0 Å². The predicted octanol–water partition coefficient (Wildman–Crippen LogP) is 4.29. The summed E-state index contributed by atoms with van der Waals surface area (Å²) < 4.78 is 0. The predicted molar refractivity (Wildman–Crippen MR) is 85.2 cm³/mol. The van der Waals surface area contributed by atoms with Gasteiger partial charge in [0.1, 0.15) is 0 Å². The molecule has 0 unspecified atom stereocenters. The molecular weight excluding hydrogens is 266 g/mol. The zero-order chi connectivity index (χ0) is 14.4. The summed E-state index contributed by atoms with van der Waals surface area (Å²) in [6, 6.07) is 17.7. The van der Waals surface area contributed by atoms with E-state index in [4.69, 9.17) is 0 Å². The van der Waals surface area contributed by atoms with E-state index in [1.54, 1.807) is 11.8 Å². The summed E-state index contributed by atoms with van der Waals surface area (Å²) in [5.41, 5.74) is 1.86. The molecule has 0 spiro atoms. The van der Waals surface area contributed by atoms with Crippen molar-refractivity contribution < 1.29 is 4.79 Å². The number of nitrogens with one attached hydrogen (secondary N) is 1. The van der Waals surface area contributed by atoms with Crippen LogP contribution in [-0.4, -0.2) is 11.7 Å². The topological polar surface area (TPSA) is 29.1 Å². The van der Waals surface area contributed by atoms with Gasteiger partial charge >= 0.3 is 0 Å². The molecule has 0 saturated heterocycles. The second-order valence-electron chi connectivity index (χ2n) is 4.54. The first-order chi connectivity index (χ1) is 9.72. The highest BCUT2D eigenvalue weighted by molar-refractivity contribution is 7.99. The van der Waals surface area contributed by atoms with Gasteiger partial charge < -0.3 is 5.32 Å². The fourth-order valence-corrected chi connectivity index (χ4v) is 2.84. The van der Waals surface area contributed by atoms with E-state index in [0.717, 1.165) is 21.8 Å². The zero-order valence-electron chi connectivity index (χ0n) is 11.8. The lowest BCUT2D eigenvalue weighted by Crippen LogP contribution is -2.27. The minimum atomic E-state index is -0.0158. The van der Waals surface area contributed by atoms with Crippen LogP contribution in [-0.2, 0) is 0 Å².